The molecule has 1 aliphatic rings. The van der Waals surface area contributed by atoms with Gasteiger partial charge in [0.25, 0.3) is 5.91 Å². The predicted molar refractivity (Wildman–Crippen MR) is 75.4 cm³/mol. The zero-order valence-corrected chi connectivity index (χ0v) is 11.1. The molecule has 1 saturated carbocycles. The Hall–Kier alpha value is -2.08. The summed E-state index contributed by atoms with van der Waals surface area (Å²) in [6.07, 6.45) is 2.80. The molecule has 1 aromatic carbocycles. The minimum Gasteiger partial charge on any atom is -0.393 e. The van der Waals surface area contributed by atoms with Crippen molar-refractivity contribution in [3.63, 3.8) is 0 Å². The first-order chi connectivity index (χ1) is 9.47. The van der Waals surface area contributed by atoms with Crippen molar-refractivity contribution in [2.45, 2.75) is 37.8 Å². The summed E-state index contributed by atoms with van der Waals surface area (Å²) in [5.74, 6) is -1.11. The third-order valence-electron chi connectivity index (χ3n) is 3.63. The van der Waals surface area contributed by atoms with Gasteiger partial charge in [-0.15, -0.1) is 0 Å². The largest absolute Gasteiger partial charge is 0.393 e. The van der Waals surface area contributed by atoms with E-state index in [0.29, 0.717) is 16.8 Å². The lowest BCUT2D eigenvalue weighted by Crippen LogP contribution is -2.29. The molecular formula is C14H19N3O3. The summed E-state index contributed by atoms with van der Waals surface area (Å²) < 4.78 is 0. The molecule has 0 spiro atoms. The van der Waals surface area contributed by atoms with Crippen LogP contribution in [0.25, 0.3) is 0 Å². The van der Waals surface area contributed by atoms with Gasteiger partial charge in [-0.2, -0.15) is 0 Å². The molecule has 2 amide bonds. The van der Waals surface area contributed by atoms with E-state index in [1.807, 2.05) is 0 Å². The molecule has 6 N–H and O–H groups in total. The minimum atomic E-state index is -0.556. The van der Waals surface area contributed by atoms with Gasteiger partial charge in [0.05, 0.1) is 11.7 Å². The number of rotatable bonds is 4. The highest BCUT2D eigenvalue weighted by molar-refractivity contribution is 6.01. The van der Waals surface area contributed by atoms with E-state index < -0.39 is 11.8 Å². The summed E-state index contributed by atoms with van der Waals surface area (Å²) in [5.41, 5.74) is 11.8. The molecule has 0 bridgehead atoms. The third-order valence-corrected chi connectivity index (χ3v) is 3.63. The molecule has 1 fully saturated rings. The van der Waals surface area contributed by atoms with Crippen molar-refractivity contribution < 1.29 is 14.7 Å². The number of aliphatic hydroxyl groups is 1. The lowest BCUT2D eigenvalue weighted by atomic mass is 9.92. The topological polar surface area (TPSA) is 118 Å². The van der Waals surface area contributed by atoms with E-state index in [-0.39, 0.29) is 12.1 Å². The Morgan fingerprint density at radius 1 is 1.10 bits per heavy atom. The zero-order chi connectivity index (χ0) is 14.7. The van der Waals surface area contributed by atoms with Gasteiger partial charge in [0.1, 0.15) is 0 Å². The Morgan fingerprint density at radius 3 is 2.30 bits per heavy atom. The average molecular weight is 277 g/mol. The van der Waals surface area contributed by atoms with E-state index in [0.717, 1.165) is 25.7 Å². The van der Waals surface area contributed by atoms with Crippen molar-refractivity contribution in [2.75, 3.05) is 5.32 Å². The van der Waals surface area contributed by atoms with Crippen LogP contribution in [0, 0.1) is 0 Å². The molecule has 6 heteroatoms. The van der Waals surface area contributed by atoms with E-state index >= 15 is 0 Å². The highest BCUT2D eigenvalue weighted by Crippen LogP contribution is 2.25. The molecule has 1 aliphatic carbocycles. The molecule has 0 saturated heterocycles. The second-order valence-electron chi connectivity index (χ2n) is 5.14. The summed E-state index contributed by atoms with van der Waals surface area (Å²) in [6, 6.07) is 4.69. The number of carbonyl (C=O) groups is 2. The van der Waals surface area contributed by atoms with Crippen LogP contribution < -0.4 is 16.8 Å². The van der Waals surface area contributed by atoms with Gasteiger partial charge in [-0.05, 0) is 43.9 Å². The number of primary amides is 2. The van der Waals surface area contributed by atoms with E-state index in [9.17, 15) is 14.7 Å². The molecule has 0 aromatic heterocycles. The average Bonchev–Trinajstić information content (AvgIpc) is 2.41. The second kappa shape index (κ2) is 5.92. The van der Waals surface area contributed by atoms with Crippen molar-refractivity contribution in [3.05, 3.63) is 29.3 Å². The smallest absolute Gasteiger partial charge is 0.250 e. The van der Waals surface area contributed by atoms with E-state index in [1.165, 1.54) is 12.1 Å². The van der Waals surface area contributed by atoms with Gasteiger partial charge in [-0.1, -0.05) is 0 Å². The Kier molecular flexibility index (Phi) is 4.24. The van der Waals surface area contributed by atoms with Crippen molar-refractivity contribution in [1.82, 2.24) is 0 Å². The molecule has 108 valence electrons. The Labute approximate surface area is 117 Å². The van der Waals surface area contributed by atoms with Crippen LogP contribution in [0.3, 0.4) is 0 Å². The van der Waals surface area contributed by atoms with Gasteiger partial charge in [0.2, 0.25) is 5.91 Å². The van der Waals surface area contributed by atoms with Gasteiger partial charge in [-0.3, -0.25) is 9.59 Å². The number of aliphatic hydroxyl groups excluding tert-OH is 1. The van der Waals surface area contributed by atoms with Crippen LogP contribution in [-0.2, 0) is 0 Å². The highest BCUT2D eigenvalue weighted by atomic mass is 16.3. The maximum absolute atomic E-state index is 11.4. The number of carbonyl (C=O) groups excluding carboxylic acids is 2. The summed E-state index contributed by atoms with van der Waals surface area (Å²) in [5, 5.41) is 12.7. The van der Waals surface area contributed by atoms with Crippen molar-refractivity contribution in [2.24, 2.45) is 11.5 Å². The van der Waals surface area contributed by atoms with E-state index in [1.54, 1.807) is 6.07 Å². The molecule has 0 radical (unpaired) electrons. The number of hydrogen-bond donors (Lipinski definition) is 4. The number of amides is 2. The molecule has 1 aromatic rings. The molecule has 0 heterocycles. The molecular weight excluding hydrogens is 258 g/mol. The Bertz CT molecular complexity index is 522. The number of nitrogens with two attached hydrogens (primary N) is 2. The summed E-state index contributed by atoms with van der Waals surface area (Å²) in [7, 11) is 0. The van der Waals surface area contributed by atoms with E-state index in [4.69, 9.17) is 11.5 Å². The zero-order valence-electron chi connectivity index (χ0n) is 11.1. The fraction of sp³-hybridized carbons (Fsp3) is 0.429. The van der Waals surface area contributed by atoms with Crippen LogP contribution in [0.15, 0.2) is 18.2 Å². The van der Waals surface area contributed by atoms with Gasteiger partial charge in [0, 0.05) is 17.3 Å². The third kappa shape index (κ3) is 3.27. The molecule has 0 unspecified atom stereocenters. The quantitative estimate of drug-likeness (QED) is 0.644. The van der Waals surface area contributed by atoms with Crippen LogP contribution in [0.4, 0.5) is 5.69 Å². The molecule has 6 nitrogen and oxygen atoms in total. The Morgan fingerprint density at radius 2 is 1.75 bits per heavy atom. The van der Waals surface area contributed by atoms with Gasteiger partial charge < -0.3 is 21.9 Å². The fourth-order valence-corrected chi connectivity index (χ4v) is 2.47. The monoisotopic (exact) mass is 277 g/mol. The van der Waals surface area contributed by atoms with E-state index in [2.05, 4.69) is 5.32 Å². The second-order valence-corrected chi connectivity index (χ2v) is 5.14. The highest BCUT2D eigenvalue weighted by Gasteiger charge is 2.21. The first kappa shape index (κ1) is 14.3. The summed E-state index contributed by atoms with van der Waals surface area (Å²) in [6.45, 7) is 0. The SMILES string of the molecule is NC(=O)c1ccc(C(N)=O)c(NC2CCC(O)CC2)c1. The number of anilines is 1. The predicted octanol–water partition coefficient (Wildman–Crippen LogP) is 0.600. The van der Waals surface area contributed by atoms with Crippen molar-refractivity contribution in [1.29, 1.82) is 0 Å². The molecule has 0 atom stereocenters. The van der Waals surface area contributed by atoms with Crippen molar-refractivity contribution >= 4 is 17.5 Å². The molecule has 0 aliphatic heterocycles. The number of hydrogen-bond acceptors (Lipinski definition) is 4. The lowest BCUT2D eigenvalue weighted by Gasteiger charge is -2.27. The maximum Gasteiger partial charge on any atom is 0.250 e. The normalized spacial score (nSPS) is 22.2. The minimum absolute atomic E-state index is 0.152. The number of benzene rings is 1. The summed E-state index contributed by atoms with van der Waals surface area (Å²) in [4.78, 5) is 22.6. The molecule has 20 heavy (non-hydrogen) atoms. The maximum atomic E-state index is 11.4. The first-order valence-electron chi connectivity index (χ1n) is 6.65. The van der Waals surface area contributed by atoms with Gasteiger partial charge >= 0.3 is 0 Å². The van der Waals surface area contributed by atoms with Crippen LogP contribution in [0.2, 0.25) is 0 Å². The Balaban J connectivity index is 2.21. The van der Waals surface area contributed by atoms with Crippen molar-refractivity contribution in [3.8, 4) is 0 Å². The standard InChI is InChI=1S/C14H19N3O3/c15-13(19)8-1-6-11(14(16)20)12(7-8)17-9-2-4-10(18)5-3-9/h1,6-7,9-10,17-18H,2-5H2,(H2,15,19)(H2,16,20). The number of nitrogens with one attached hydrogen (secondary N) is 1. The van der Waals surface area contributed by atoms with Crippen LogP contribution in [0.1, 0.15) is 46.4 Å². The summed E-state index contributed by atoms with van der Waals surface area (Å²) >= 11 is 0. The lowest BCUT2D eigenvalue weighted by molar-refractivity contribution is 0.0988. The fourth-order valence-electron chi connectivity index (χ4n) is 2.47. The van der Waals surface area contributed by atoms with Crippen LogP contribution in [0.5, 0.6) is 0 Å². The van der Waals surface area contributed by atoms with Gasteiger partial charge in [-0.25, -0.2) is 0 Å². The van der Waals surface area contributed by atoms with Crippen LogP contribution >= 0.6 is 0 Å². The molecule has 2 rings (SSSR count). The van der Waals surface area contributed by atoms with Crippen LogP contribution in [-0.4, -0.2) is 29.1 Å². The van der Waals surface area contributed by atoms with Gasteiger partial charge in [0.15, 0.2) is 0 Å². The first-order valence-corrected chi connectivity index (χ1v) is 6.65.